The second-order valence-electron chi connectivity index (χ2n) is 2.91. The van der Waals surface area contributed by atoms with E-state index in [1.165, 1.54) is 0 Å². The molecule has 4 nitrogen and oxygen atoms in total. The maximum atomic E-state index is 4.28. The van der Waals surface area contributed by atoms with Crippen molar-refractivity contribution in [1.29, 1.82) is 0 Å². The van der Waals surface area contributed by atoms with E-state index < -0.39 is 0 Å². The molecule has 0 aliphatic rings. The topological polar surface area (TPSA) is 50.7 Å². The molecule has 0 atom stereocenters. The molecule has 0 aliphatic carbocycles. The summed E-state index contributed by atoms with van der Waals surface area (Å²) in [5, 5.41) is 6.10. The fourth-order valence-corrected chi connectivity index (χ4v) is 1.78. The summed E-state index contributed by atoms with van der Waals surface area (Å²) < 4.78 is 0.919. The van der Waals surface area contributed by atoms with Crippen LogP contribution in [0.5, 0.6) is 0 Å². The number of anilines is 1. The maximum absolute atomic E-state index is 4.28. The average Bonchev–Trinajstić information content (AvgIpc) is 2.73. The lowest BCUT2D eigenvalue weighted by Crippen LogP contribution is -2.03. The molecule has 0 unspecified atom stereocenters. The Bertz CT molecular complexity index is 443. The normalized spacial score (nSPS) is 10.3. The molecule has 2 aromatic heterocycles. The molecule has 0 saturated heterocycles. The third-order valence-corrected chi connectivity index (χ3v) is 3.36. The van der Waals surface area contributed by atoms with E-state index in [1.807, 2.05) is 12.3 Å². The Balaban J connectivity index is 2.02. The molecule has 2 heterocycles. The van der Waals surface area contributed by atoms with Gasteiger partial charge in [0, 0.05) is 17.8 Å². The standard InChI is InChI=1S/C9H9BrN4S/c1-6-7(10)4-12-9(14-6)13-5-8-11-2-3-15-8/h2-4H,5H2,1H3,(H,12,13,14). The summed E-state index contributed by atoms with van der Waals surface area (Å²) >= 11 is 4.97. The van der Waals surface area contributed by atoms with Gasteiger partial charge in [-0.05, 0) is 22.9 Å². The Kier molecular flexibility index (Phi) is 3.27. The quantitative estimate of drug-likeness (QED) is 0.941. The molecule has 0 aliphatic heterocycles. The number of aryl methyl sites for hydroxylation is 1. The predicted octanol–water partition coefficient (Wildman–Crippen LogP) is 2.62. The number of thiazole rings is 1. The Hall–Kier alpha value is -1.01. The minimum absolute atomic E-state index is 0.630. The molecule has 0 saturated carbocycles. The summed E-state index contributed by atoms with van der Waals surface area (Å²) in [6.45, 7) is 2.60. The Morgan fingerprint density at radius 2 is 2.33 bits per heavy atom. The van der Waals surface area contributed by atoms with E-state index in [1.54, 1.807) is 23.7 Å². The van der Waals surface area contributed by atoms with Gasteiger partial charge in [0.25, 0.3) is 0 Å². The third-order valence-electron chi connectivity index (χ3n) is 1.80. The lowest BCUT2D eigenvalue weighted by Gasteiger charge is -2.03. The SMILES string of the molecule is Cc1nc(NCc2nccs2)ncc1Br. The van der Waals surface area contributed by atoms with Crippen molar-refractivity contribution in [1.82, 2.24) is 15.0 Å². The van der Waals surface area contributed by atoms with Gasteiger partial charge in [0.15, 0.2) is 0 Å². The average molecular weight is 285 g/mol. The largest absolute Gasteiger partial charge is 0.348 e. The first kappa shape index (κ1) is 10.5. The summed E-state index contributed by atoms with van der Waals surface area (Å²) in [6.07, 6.45) is 3.53. The van der Waals surface area contributed by atoms with Crippen LogP contribution in [-0.4, -0.2) is 15.0 Å². The summed E-state index contributed by atoms with van der Waals surface area (Å²) in [6, 6.07) is 0. The van der Waals surface area contributed by atoms with E-state index in [0.717, 1.165) is 15.2 Å². The number of hydrogen-bond acceptors (Lipinski definition) is 5. The van der Waals surface area contributed by atoms with Crippen LogP contribution < -0.4 is 5.32 Å². The van der Waals surface area contributed by atoms with Crippen LogP contribution in [0.25, 0.3) is 0 Å². The van der Waals surface area contributed by atoms with E-state index in [2.05, 4.69) is 36.2 Å². The lowest BCUT2D eigenvalue weighted by atomic mass is 10.5. The summed E-state index contributed by atoms with van der Waals surface area (Å²) in [5.41, 5.74) is 0.923. The molecule has 2 aromatic rings. The number of nitrogens with one attached hydrogen (secondary N) is 1. The highest BCUT2D eigenvalue weighted by Crippen LogP contribution is 2.14. The Morgan fingerprint density at radius 3 is 3.00 bits per heavy atom. The van der Waals surface area contributed by atoms with Crippen molar-refractivity contribution in [3.05, 3.63) is 32.9 Å². The van der Waals surface area contributed by atoms with Gasteiger partial charge in [-0.25, -0.2) is 15.0 Å². The number of nitrogens with zero attached hydrogens (tertiary/aromatic N) is 3. The van der Waals surface area contributed by atoms with Gasteiger partial charge in [0.2, 0.25) is 5.95 Å². The van der Waals surface area contributed by atoms with Crippen LogP contribution in [-0.2, 0) is 6.54 Å². The van der Waals surface area contributed by atoms with Gasteiger partial charge in [-0.15, -0.1) is 11.3 Å². The Labute approximate surface area is 99.9 Å². The number of rotatable bonds is 3. The lowest BCUT2D eigenvalue weighted by molar-refractivity contribution is 1.01. The molecule has 0 amide bonds. The molecule has 0 radical (unpaired) electrons. The van der Waals surface area contributed by atoms with E-state index in [0.29, 0.717) is 12.5 Å². The van der Waals surface area contributed by atoms with Crippen molar-refractivity contribution in [3.8, 4) is 0 Å². The van der Waals surface area contributed by atoms with Crippen LogP contribution in [0, 0.1) is 6.92 Å². The van der Waals surface area contributed by atoms with Gasteiger partial charge in [0.05, 0.1) is 16.7 Å². The van der Waals surface area contributed by atoms with E-state index in [9.17, 15) is 0 Å². The number of hydrogen-bond donors (Lipinski definition) is 1. The zero-order chi connectivity index (χ0) is 10.7. The molecule has 78 valence electrons. The van der Waals surface area contributed by atoms with E-state index >= 15 is 0 Å². The van der Waals surface area contributed by atoms with Gasteiger partial charge in [-0.3, -0.25) is 0 Å². The van der Waals surface area contributed by atoms with E-state index in [-0.39, 0.29) is 0 Å². The monoisotopic (exact) mass is 284 g/mol. The molecular weight excluding hydrogens is 276 g/mol. The van der Waals surface area contributed by atoms with Crippen molar-refractivity contribution >= 4 is 33.2 Å². The van der Waals surface area contributed by atoms with Crippen LogP contribution in [0.15, 0.2) is 22.2 Å². The van der Waals surface area contributed by atoms with Crippen LogP contribution in [0.2, 0.25) is 0 Å². The van der Waals surface area contributed by atoms with Gasteiger partial charge >= 0.3 is 0 Å². The zero-order valence-electron chi connectivity index (χ0n) is 8.07. The minimum atomic E-state index is 0.630. The molecule has 6 heteroatoms. The third kappa shape index (κ3) is 2.73. The van der Waals surface area contributed by atoms with Gasteiger partial charge in [0.1, 0.15) is 5.01 Å². The highest BCUT2D eigenvalue weighted by atomic mass is 79.9. The van der Waals surface area contributed by atoms with Gasteiger partial charge < -0.3 is 5.32 Å². The molecule has 0 spiro atoms. The molecule has 0 bridgehead atoms. The number of aromatic nitrogens is 3. The molecular formula is C9H9BrN4S. The second kappa shape index (κ2) is 4.67. The summed E-state index contributed by atoms with van der Waals surface area (Å²) in [5.74, 6) is 0.630. The molecule has 0 fully saturated rings. The minimum Gasteiger partial charge on any atom is -0.348 e. The molecule has 0 aromatic carbocycles. The van der Waals surface area contributed by atoms with E-state index in [4.69, 9.17) is 0 Å². The van der Waals surface area contributed by atoms with Crippen LogP contribution in [0.1, 0.15) is 10.7 Å². The van der Waals surface area contributed by atoms with Crippen molar-refractivity contribution in [2.75, 3.05) is 5.32 Å². The first-order valence-electron chi connectivity index (χ1n) is 4.37. The number of halogens is 1. The smallest absolute Gasteiger partial charge is 0.223 e. The summed E-state index contributed by atoms with van der Waals surface area (Å²) in [7, 11) is 0. The van der Waals surface area contributed by atoms with Crippen molar-refractivity contribution in [2.45, 2.75) is 13.5 Å². The first-order valence-corrected chi connectivity index (χ1v) is 6.04. The highest BCUT2D eigenvalue weighted by molar-refractivity contribution is 9.10. The first-order chi connectivity index (χ1) is 7.25. The Morgan fingerprint density at radius 1 is 1.47 bits per heavy atom. The van der Waals surface area contributed by atoms with Crippen molar-refractivity contribution in [3.63, 3.8) is 0 Å². The predicted molar refractivity (Wildman–Crippen MR) is 63.9 cm³/mol. The van der Waals surface area contributed by atoms with Gasteiger partial charge in [-0.2, -0.15) is 0 Å². The van der Waals surface area contributed by atoms with Crippen LogP contribution in [0.4, 0.5) is 5.95 Å². The highest BCUT2D eigenvalue weighted by Gasteiger charge is 2.01. The second-order valence-corrected chi connectivity index (χ2v) is 4.74. The van der Waals surface area contributed by atoms with Crippen LogP contribution >= 0.6 is 27.3 Å². The van der Waals surface area contributed by atoms with Crippen LogP contribution in [0.3, 0.4) is 0 Å². The zero-order valence-corrected chi connectivity index (χ0v) is 10.5. The molecule has 1 N–H and O–H groups in total. The van der Waals surface area contributed by atoms with Crippen molar-refractivity contribution < 1.29 is 0 Å². The maximum Gasteiger partial charge on any atom is 0.223 e. The summed E-state index contributed by atoms with van der Waals surface area (Å²) in [4.78, 5) is 12.6. The fourth-order valence-electron chi connectivity index (χ4n) is 1.03. The van der Waals surface area contributed by atoms with Crippen molar-refractivity contribution in [2.24, 2.45) is 0 Å². The van der Waals surface area contributed by atoms with Gasteiger partial charge in [-0.1, -0.05) is 0 Å². The fraction of sp³-hybridized carbons (Fsp3) is 0.222. The molecule has 15 heavy (non-hydrogen) atoms. The molecule has 2 rings (SSSR count).